The Morgan fingerprint density at radius 3 is 2.17 bits per heavy atom. The second-order valence-electron chi connectivity index (χ2n) is 7.91. The Kier molecular flexibility index (Phi) is 7.23. The van der Waals surface area contributed by atoms with Crippen LogP contribution in [0.2, 0.25) is 0 Å². The van der Waals surface area contributed by atoms with Crippen LogP contribution in [0.5, 0.6) is 0 Å². The molecule has 1 fully saturated rings. The Hall–Kier alpha value is -4.84. The standard InChI is InChI=1S/C26H24N6O3/c27-18-19-9-11-20(12-10-19)28-25(34)30-32(23-6-2-1-3-7-23)26(35)29-21-13-15-22(16-14-21)31-17-5-4-8-24(31)33/h1-3,6-7,9-16H,4-5,8,17H2,(H,29,35)(H2,28,30,34). The van der Waals surface area contributed by atoms with Gasteiger partial charge in [-0.25, -0.2) is 20.0 Å². The molecule has 0 atom stereocenters. The van der Waals surface area contributed by atoms with E-state index in [2.05, 4.69) is 16.1 Å². The minimum absolute atomic E-state index is 0.0979. The van der Waals surface area contributed by atoms with Gasteiger partial charge in [0, 0.05) is 30.0 Å². The zero-order chi connectivity index (χ0) is 24.6. The normalized spacial score (nSPS) is 12.9. The van der Waals surface area contributed by atoms with Gasteiger partial charge in [-0.3, -0.25) is 4.79 Å². The Morgan fingerprint density at radius 2 is 1.51 bits per heavy atom. The summed E-state index contributed by atoms with van der Waals surface area (Å²) in [5.41, 5.74) is 5.24. The number of nitrogens with zero attached hydrogens (tertiary/aromatic N) is 3. The number of urea groups is 2. The van der Waals surface area contributed by atoms with Crippen LogP contribution in [0.25, 0.3) is 0 Å². The summed E-state index contributed by atoms with van der Waals surface area (Å²) in [6, 6.07) is 22.9. The molecule has 3 aromatic rings. The lowest BCUT2D eigenvalue weighted by molar-refractivity contribution is -0.119. The van der Waals surface area contributed by atoms with Crippen LogP contribution in [0.1, 0.15) is 24.8 Å². The lowest BCUT2D eigenvalue weighted by atomic mass is 10.1. The predicted octanol–water partition coefficient (Wildman–Crippen LogP) is 4.85. The summed E-state index contributed by atoms with van der Waals surface area (Å²) in [5, 5.41) is 15.4. The van der Waals surface area contributed by atoms with Crippen molar-refractivity contribution in [3.05, 3.63) is 84.4 Å². The van der Waals surface area contributed by atoms with E-state index < -0.39 is 12.1 Å². The van der Waals surface area contributed by atoms with Crippen LogP contribution in [-0.2, 0) is 4.79 Å². The molecule has 1 aliphatic rings. The molecule has 5 amide bonds. The van der Waals surface area contributed by atoms with Crippen molar-refractivity contribution in [2.75, 3.05) is 27.1 Å². The predicted molar refractivity (Wildman–Crippen MR) is 134 cm³/mol. The van der Waals surface area contributed by atoms with Gasteiger partial charge in [0.25, 0.3) is 0 Å². The van der Waals surface area contributed by atoms with Crippen molar-refractivity contribution < 1.29 is 14.4 Å². The molecule has 0 unspecified atom stereocenters. The number of anilines is 4. The van der Waals surface area contributed by atoms with Gasteiger partial charge in [-0.05, 0) is 73.5 Å². The monoisotopic (exact) mass is 468 g/mol. The quantitative estimate of drug-likeness (QED) is 0.474. The first-order valence-electron chi connectivity index (χ1n) is 11.2. The van der Waals surface area contributed by atoms with Gasteiger partial charge in [0.2, 0.25) is 5.91 Å². The van der Waals surface area contributed by atoms with Gasteiger partial charge in [0.1, 0.15) is 0 Å². The summed E-state index contributed by atoms with van der Waals surface area (Å²) in [7, 11) is 0. The van der Waals surface area contributed by atoms with Crippen molar-refractivity contribution in [2.24, 2.45) is 0 Å². The summed E-state index contributed by atoms with van der Waals surface area (Å²) >= 11 is 0. The number of rotatable bonds is 4. The molecule has 9 heteroatoms. The van der Waals surface area contributed by atoms with Gasteiger partial charge in [-0.1, -0.05) is 18.2 Å². The van der Waals surface area contributed by atoms with E-state index in [0.717, 1.165) is 23.5 Å². The van der Waals surface area contributed by atoms with Crippen molar-refractivity contribution in [1.82, 2.24) is 5.43 Å². The molecule has 0 spiro atoms. The highest BCUT2D eigenvalue weighted by molar-refractivity contribution is 6.04. The Bertz CT molecular complexity index is 1240. The fourth-order valence-corrected chi connectivity index (χ4v) is 3.68. The number of amides is 5. The van der Waals surface area contributed by atoms with Crippen molar-refractivity contribution in [3.63, 3.8) is 0 Å². The third-order valence-electron chi connectivity index (χ3n) is 5.46. The molecule has 0 bridgehead atoms. The van der Waals surface area contributed by atoms with E-state index in [4.69, 9.17) is 5.26 Å². The van der Waals surface area contributed by atoms with Crippen molar-refractivity contribution >= 4 is 40.7 Å². The number of hydrazine groups is 1. The molecular weight excluding hydrogens is 444 g/mol. The average molecular weight is 469 g/mol. The maximum Gasteiger partial charge on any atom is 0.345 e. The van der Waals surface area contributed by atoms with E-state index >= 15 is 0 Å². The summed E-state index contributed by atoms with van der Waals surface area (Å²) in [6.45, 7) is 0.685. The smallest absolute Gasteiger partial charge is 0.312 e. The van der Waals surface area contributed by atoms with E-state index in [0.29, 0.717) is 35.6 Å². The number of hydrogen-bond acceptors (Lipinski definition) is 4. The molecule has 176 valence electrons. The summed E-state index contributed by atoms with van der Waals surface area (Å²) in [6.07, 6.45) is 2.41. The largest absolute Gasteiger partial charge is 0.345 e. The maximum atomic E-state index is 13.1. The molecule has 3 N–H and O–H groups in total. The van der Waals surface area contributed by atoms with Crippen molar-refractivity contribution in [1.29, 1.82) is 5.26 Å². The molecular formula is C26H24N6O3. The molecule has 9 nitrogen and oxygen atoms in total. The first-order chi connectivity index (χ1) is 17.0. The third kappa shape index (κ3) is 5.94. The Balaban J connectivity index is 1.45. The molecule has 0 aromatic heterocycles. The van der Waals surface area contributed by atoms with Gasteiger partial charge in [0.05, 0.1) is 17.3 Å². The van der Waals surface area contributed by atoms with Crippen LogP contribution in [-0.4, -0.2) is 24.5 Å². The number of carbonyl (C=O) groups is 3. The second kappa shape index (κ2) is 10.9. The Labute approximate surface area is 202 Å². The summed E-state index contributed by atoms with van der Waals surface area (Å²) in [4.78, 5) is 39.6. The van der Waals surface area contributed by atoms with Crippen LogP contribution in [0, 0.1) is 11.3 Å². The van der Waals surface area contributed by atoms with Crippen LogP contribution in [0.4, 0.5) is 32.3 Å². The number of piperidine rings is 1. The van der Waals surface area contributed by atoms with Gasteiger partial charge < -0.3 is 15.5 Å². The molecule has 1 heterocycles. The highest BCUT2D eigenvalue weighted by atomic mass is 16.2. The van der Waals surface area contributed by atoms with E-state index in [-0.39, 0.29) is 5.91 Å². The van der Waals surface area contributed by atoms with Crippen LogP contribution < -0.4 is 26.0 Å². The second-order valence-corrected chi connectivity index (χ2v) is 7.91. The molecule has 1 aliphatic heterocycles. The van der Waals surface area contributed by atoms with Crippen molar-refractivity contribution in [3.8, 4) is 6.07 Å². The lowest BCUT2D eigenvalue weighted by Gasteiger charge is -2.27. The molecule has 4 rings (SSSR count). The number of nitriles is 1. The summed E-state index contributed by atoms with van der Waals surface area (Å²) in [5.74, 6) is 0.0979. The number of benzene rings is 3. The fourth-order valence-electron chi connectivity index (χ4n) is 3.68. The minimum atomic E-state index is -0.632. The van der Waals surface area contributed by atoms with Crippen LogP contribution in [0.3, 0.4) is 0 Å². The fraction of sp³-hybridized carbons (Fsp3) is 0.154. The molecule has 0 radical (unpaired) electrons. The lowest BCUT2D eigenvalue weighted by Crippen LogP contribution is -2.50. The molecule has 35 heavy (non-hydrogen) atoms. The zero-order valence-electron chi connectivity index (χ0n) is 18.9. The van der Waals surface area contributed by atoms with Gasteiger partial charge in [-0.15, -0.1) is 0 Å². The third-order valence-corrected chi connectivity index (χ3v) is 5.46. The topological polar surface area (TPSA) is 118 Å². The average Bonchev–Trinajstić information content (AvgIpc) is 2.89. The van der Waals surface area contributed by atoms with Crippen LogP contribution >= 0.6 is 0 Å². The molecule has 0 aliphatic carbocycles. The van der Waals surface area contributed by atoms with E-state index in [9.17, 15) is 14.4 Å². The van der Waals surface area contributed by atoms with E-state index in [1.54, 1.807) is 83.8 Å². The van der Waals surface area contributed by atoms with Gasteiger partial charge in [-0.2, -0.15) is 5.26 Å². The number of carbonyl (C=O) groups excluding carboxylic acids is 3. The first-order valence-corrected chi connectivity index (χ1v) is 11.2. The Morgan fingerprint density at radius 1 is 0.857 bits per heavy atom. The zero-order valence-corrected chi connectivity index (χ0v) is 18.9. The highest BCUT2D eigenvalue weighted by Gasteiger charge is 2.21. The minimum Gasteiger partial charge on any atom is -0.312 e. The number of hydrogen-bond donors (Lipinski definition) is 3. The molecule has 3 aromatic carbocycles. The van der Waals surface area contributed by atoms with Gasteiger partial charge >= 0.3 is 12.1 Å². The molecule has 1 saturated heterocycles. The maximum absolute atomic E-state index is 13.1. The molecule has 0 saturated carbocycles. The van der Waals surface area contributed by atoms with Crippen molar-refractivity contribution in [2.45, 2.75) is 19.3 Å². The van der Waals surface area contributed by atoms with Crippen LogP contribution in [0.15, 0.2) is 78.9 Å². The first kappa shape index (κ1) is 23.3. The number of nitrogens with one attached hydrogen (secondary N) is 3. The number of para-hydroxylation sites is 1. The van der Waals surface area contributed by atoms with Gasteiger partial charge in [0.15, 0.2) is 0 Å². The van der Waals surface area contributed by atoms with E-state index in [1.807, 2.05) is 6.07 Å². The van der Waals surface area contributed by atoms with E-state index in [1.165, 1.54) is 0 Å². The SMILES string of the molecule is N#Cc1ccc(NC(=O)NN(C(=O)Nc2ccc(N3CCCCC3=O)cc2)c2ccccc2)cc1. The summed E-state index contributed by atoms with van der Waals surface area (Å²) < 4.78 is 0. The highest BCUT2D eigenvalue weighted by Crippen LogP contribution is 2.23.